The molecule has 0 aliphatic heterocycles. The van der Waals surface area contributed by atoms with Crippen LogP contribution in [0.2, 0.25) is 0 Å². The molecule has 0 aliphatic carbocycles. The number of halogens is 4. The molecule has 5 aromatic carbocycles. The molecule has 0 saturated carbocycles. The number of aliphatic carboxylic acids is 1. The van der Waals surface area contributed by atoms with Crippen LogP contribution in [0.25, 0.3) is 54.5 Å². The Hall–Kier alpha value is -8.46. The molecule has 5 heterocycles. The molecule has 17 heteroatoms. The number of fused-ring (bicyclic) bond motifs is 5. The van der Waals surface area contributed by atoms with Gasteiger partial charge in [-0.1, -0.05) is 30.3 Å². The van der Waals surface area contributed by atoms with Gasteiger partial charge in [-0.3, -0.25) is 14.4 Å². The van der Waals surface area contributed by atoms with Gasteiger partial charge in [-0.15, -0.1) is 0 Å². The number of nitrogens with two attached hydrogens (primary N) is 2. The van der Waals surface area contributed by atoms with Gasteiger partial charge in [-0.05, 0) is 90.3 Å². The second-order valence-corrected chi connectivity index (χ2v) is 14.7. The van der Waals surface area contributed by atoms with Gasteiger partial charge in [-0.25, -0.2) is 17.6 Å². The number of carboxylic acids is 1. The lowest BCUT2D eigenvalue weighted by Gasteiger charge is -2.05. The molecule has 10 rings (SSSR count). The molecule has 10 N–H and O–H groups in total. The number of aromatic nitrogens is 5. The smallest absolute Gasteiger partial charge is 0.320 e. The van der Waals surface area contributed by atoms with Crippen LogP contribution in [-0.2, 0) is 24.1 Å². The quantitative estimate of drug-likeness (QED) is 0.0512. The van der Waals surface area contributed by atoms with E-state index in [1.165, 1.54) is 30.5 Å². The second kappa shape index (κ2) is 22.4. The Balaban J connectivity index is 0.000000139. The van der Waals surface area contributed by atoms with E-state index in [2.05, 4.69) is 24.9 Å². The molecule has 0 spiro atoms. The fourth-order valence-corrected chi connectivity index (χ4v) is 7.38. The van der Waals surface area contributed by atoms with Crippen LogP contribution in [0.15, 0.2) is 122 Å². The number of aromatic amines is 5. The van der Waals surface area contributed by atoms with Crippen molar-refractivity contribution in [3.8, 4) is 11.8 Å². The molecule has 5 aromatic heterocycles. The summed E-state index contributed by atoms with van der Waals surface area (Å²) in [7, 11) is 1.59. The van der Waals surface area contributed by atoms with Crippen LogP contribution in [0.4, 0.5) is 17.6 Å². The van der Waals surface area contributed by atoms with Gasteiger partial charge in [0, 0.05) is 97.7 Å². The number of nitriles is 1. The predicted octanol–water partition coefficient (Wildman–Crippen LogP) is 9.55. The number of H-pyrrole nitrogens is 5. The van der Waals surface area contributed by atoms with Gasteiger partial charge < -0.3 is 46.2 Å². The zero-order valence-corrected chi connectivity index (χ0v) is 35.8. The summed E-state index contributed by atoms with van der Waals surface area (Å²) < 4.78 is 58.4. The number of benzene rings is 5. The minimum Gasteiger partial charge on any atom is -0.496 e. The largest absolute Gasteiger partial charge is 0.496 e. The highest BCUT2D eigenvalue weighted by Gasteiger charge is 2.17. The SMILES string of the molecule is COc1cccc2[nH]cc(C=O)c12.N#CCc1c[nH]c2cccc(F)c12.NC(Cc1c[nH]c2cccc(F)c12)C(=O)O.NCCc1c[nH]c2cccc(F)c12.O=Cc1c[nH]c2cccc(F)c12. The van der Waals surface area contributed by atoms with Crippen LogP contribution in [-0.4, -0.2) is 68.3 Å². The Morgan fingerprint density at radius 3 is 1.48 bits per heavy atom. The normalized spacial score (nSPS) is 11.0. The molecule has 0 amide bonds. The molecule has 0 fully saturated rings. The molecule has 1 unspecified atom stereocenters. The van der Waals surface area contributed by atoms with Gasteiger partial charge in [0.15, 0.2) is 12.6 Å². The number of rotatable bonds is 9. The van der Waals surface area contributed by atoms with E-state index in [1.54, 1.807) is 68.2 Å². The van der Waals surface area contributed by atoms with E-state index in [0.717, 1.165) is 45.1 Å². The summed E-state index contributed by atoms with van der Waals surface area (Å²) >= 11 is 0. The van der Waals surface area contributed by atoms with Gasteiger partial charge >= 0.3 is 5.97 Å². The standard InChI is InChI=1S/C11H11FN2O2.C10H11FN2.C10H7FN2.C10H9NO2.C9H6FNO/c12-7-2-1-3-9-10(7)6(5-14-9)4-8(13)11(15)16;2*11-8-2-1-3-9-10(8)7(4-5-12)6-13-9;1-13-9-4-2-3-8-10(9)7(6-12)5-11-8;10-7-2-1-3-8-9(7)6(5-12)4-11-8/h1-3,5,8,14H,4,13H2,(H,15,16);1-3,6,13H,4-5,12H2;1-3,6,13H,4H2;2-6,11H,1H3;1-5,11H. The summed E-state index contributed by atoms with van der Waals surface area (Å²) in [6.07, 6.45) is 10.8. The maximum Gasteiger partial charge on any atom is 0.320 e. The molecule has 13 nitrogen and oxygen atoms in total. The summed E-state index contributed by atoms with van der Waals surface area (Å²) in [5, 5.41) is 20.0. The number of ether oxygens (including phenoxy) is 1. The van der Waals surface area contributed by atoms with Crippen molar-refractivity contribution in [2.24, 2.45) is 11.5 Å². The molecular formula is C50H44F4N8O5. The number of carboxylic acid groups (broad SMARTS) is 1. The van der Waals surface area contributed by atoms with Crippen LogP contribution >= 0.6 is 0 Å². The predicted molar refractivity (Wildman–Crippen MR) is 250 cm³/mol. The van der Waals surface area contributed by atoms with E-state index >= 15 is 0 Å². The first-order chi connectivity index (χ1) is 32.4. The number of methoxy groups -OCH3 is 1. The maximum absolute atomic E-state index is 13.5. The van der Waals surface area contributed by atoms with Crippen LogP contribution in [0.3, 0.4) is 0 Å². The number of nitrogens with one attached hydrogen (secondary N) is 5. The van der Waals surface area contributed by atoms with Crippen LogP contribution in [0.1, 0.15) is 37.4 Å². The van der Waals surface area contributed by atoms with Crippen LogP contribution in [0.5, 0.6) is 5.75 Å². The van der Waals surface area contributed by atoms with Crippen molar-refractivity contribution in [2.75, 3.05) is 13.7 Å². The molecule has 10 aromatic rings. The number of aldehydes is 2. The monoisotopic (exact) mass is 912 g/mol. The van der Waals surface area contributed by atoms with E-state index in [0.29, 0.717) is 68.5 Å². The van der Waals surface area contributed by atoms with E-state index in [4.69, 9.17) is 26.6 Å². The van der Waals surface area contributed by atoms with E-state index in [1.807, 2.05) is 36.5 Å². The summed E-state index contributed by atoms with van der Waals surface area (Å²) in [6.45, 7) is 0.543. The first kappa shape index (κ1) is 48.0. The molecule has 0 aliphatic rings. The average molecular weight is 913 g/mol. The van der Waals surface area contributed by atoms with Crippen molar-refractivity contribution in [3.63, 3.8) is 0 Å². The number of hydrogen-bond acceptors (Lipinski definition) is 7. The lowest BCUT2D eigenvalue weighted by molar-refractivity contribution is -0.138. The average Bonchev–Trinajstić information content (AvgIpc) is 4.19. The molecule has 0 radical (unpaired) electrons. The zero-order chi connectivity index (χ0) is 48.0. The van der Waals surface area contributed by atoms with Gasteiger partial charge in [-0.2, -0.15) is 5.26 Å². The number of carbonyl (C=O) groups excluding carboxylic acids is 2. The molecule has 342 valence electrons. The Kier molecular flexibility index (Phi) is 16.1. The van der Waals surface area contributed by atoms with Crippen molar-refractivity contribution >= 4 is 73.1 Å². The highest BCUT2D eigenvalue weighted by Crippen LogP contribution is 2.28. The summed E-state index contributed by atoms with van der Waals surface area (Å²) in [5.41, 5.74) is 17.9. The number of hydrogen-bond donors (Lipinski definition) is 8. The molecule has 0 saturated heterocycles. The Bertz CT molecular complexity index is 3340. The third-order valence-corrected chi connectivity index (χ3v) is 10.5. The van der Waals surface area contributed by atoms with E-state index in [9.17, 15) is 31.9 Å². The summed E-state index contributed by atoms with van der Waals surface area (Å²) in [5.74, 6) is -1.56. The molecule has 1 atom stereocenters. The molecular weight excluding hydrogens is 869 g/mol. The fraction of sp³-hybridized carbons (Fsp3) is 0.120. The molecule has 0 bridgehead atoms. The van der Waals surface area contributed by atoms with Gasteiger partial charge in [0.2, 0.25) is 0 Å². The Morgan fingerprint density at radius 2 is 1.01 bits per heavy atom. The molecule has 67 heavy (non-hydrogen) atoms. The van der Waals surface area contributed by atoms with Crippen molar-refractivity contribution in [3.05, 3.63) is 173 Å². The fourth-order valence-electron chi connectivity index (χ4n) is 7.38. The Labute approximate surface area is 379 Å². The maximum atomic E-state index is 13.5. The number of nitrogens with zero attached hydrogens (tertiary/aromatic N) is 1. The third-order valence-electron chi connectivity index (χ3n) is 10.5. The zero-order valence-electron chi connectivity index (χ0n) is 35.8. The van der Waals surface area contributed by atoms with E-state index < -0.39 is 12.0 Å². The lowest BCUT2D eigenvalue weighted by Crippen LogP contribution is -2.32. The van der Waals surface area contributed by atoms with Crippen molar-refractivity contribution < 1.29 is 41.8 Å². The third kappa shape index (κ3) is 11.1. The van der Waals surface area contributed by atoms with Gasteiger partial charge in [0.1, 0.15) is 35.1 Å². The van der Waals surface area contributed by atoms with Crippen LogP contribution in [0, 0.1) is 34.6 Å². The first-order valence-electron chi connectivity index (χ1n) is 20.5. The van der Waals surface area contributed by atoms with Crippen molar-refractivity contribution in [2.45, 2.75) is 25.3 Å². The minimum absolute atomic E-state index is 0.107. The first-order valence-corrected chi connectivity index (χ1v) is 20.5. The Morgan fingerprint density at radius 1 is 0.627 bits per heavy atom. The lowest BCUT2D eigenvalue weighted by atomic mass is 10.1. The van der Waals surface area contributed by atoms with Crippen molar-refractivity contribution in [1.82, 2.24) is 24.9 Å². The summed E-state index contributed by atoms with van der Waals surface area (Å²) in [4.78, 5) is 46.4. The van der Waals surface area contributed by atoms with Crippen molar-refractivity contribution in [1.29, 1.82) is 5.26 Å². The number of carbonyl (C=O) groups is 3. The van der Waals surface area contributed by atoms with Gasteiger partial charge in [0.25, 0.3) is 0 Å². The second-order valence-electron chi connectivity index (χ2n) is 14.7. The topological polar surface area (TPSA) is 235 Å². The minimum atomic E-state index is -1.09. The van der Waals surface area contributed by atoms with Crippen LogP contribution < -0.4 is 16.2 Å². The highest BCUT2D eigenvalue weighted by molar-refractivity contribution is 6.01. The summed E-state index contributed by atoms with van der Waals surface area (Å²) in [6, 6.07) is 25.8. The highest BCUT2D eigenvalue weighted by atomic mass is 19.1. The van der Waals surface area contributed by atoms with Gasteiger partial charge in [0.05, 0.1) is 25.0 Å². The van der Waals surface area contributed by atoms with E-state index in [-0.39, 0.29) is 36.1 Å².